The number of aliphatic hydroxyl groups is 1. The van der Waals surface area contributed by atoms with Gasteiger partial charge in [0.2, 0.25) is 0 Å². The quantitative estimate of drug-likeness (QED) is 0.593. The van der Waals surface area contributed by atoms with Crippen LogP contribution in [0.3, 0.4) is 0 Å². The van der Waals surface area contributed by atoms with Crippen LogP contribution in [-0.2, 0) is 4.79 Å². The molecule has 2 rings (SSSR count). The highest BCUT2D eigenvalue weighted by Gasteiger charge is 2.64. The van der Waals surface area contributed by atoms with Crippen molar-refractivity contribution in [2.45, 2.75) is 19.8 Å². The summed E-state index contributed by atoms with van der Waals surface area (Å²) >= 11 is 0. The molecule has 12 heavy (non-hydrogen) atoms. The molecule has 3 unspecified atom stereocenters. The van der Waals surface area contributed by atoms with Gasteiger partial charge < -0.3 is 5.11 Å². The van der Waals surface area contributed by atoms with E-state index in [1.54, 1.807) is 0 Å². The molecule has 2 aliphatic rings. The number of carbonyl (C=O) groups is 1. The minimum Gasteiger partial charge on any atom is -0.396 e. The molecular formula is C10H14O2. The maximum atomic E-state index is 11.6. The van der Waals surface area contributed by atoms with Crippen LogP contribution < -0.4 is 0 Å². The van der Waals surface area contributed by atoms with Crippen LogP contribution in [0, 0.1) is 17.3 Å². The molecule has 0 aliphatic heterocycles. The lowest BCUT2D eigenvalue weighted by Crippen LogP contribution is -2.15. The van der Waals surface area contributed by atoms with Gasteiger partial charge in [0, 0.05) is 18.4 Å². The maximum absolute atomic E-state index is 11.6. The van der Waals surface area contributed by atoms with Crippen molar-refractivity contribution in [3.63, 3.8) is 0 Å². The highest BCUT2D eigenvalue weighted by molar-refractivity contribution is 5.89. The van der Waals surface area contributed by atoms with Crippen molar-refractivity contribution in [3.05, 3.63) is 12.2 Å². The number of carbonyl (C=O) groups excluding carboxylic acids is 1. The van der Waals surface area contributed by atoms with Gasteiger partial charge in [-0.2, -0.15) is 0 Å². The van der Waals surface area contributed by atoms with Crippen molar-refractivity contribution in [2.75, 3.05) is 6.61 Å². The van der Waals surface area contributed by atoms with Crippen LogP contribution in [0.1, 0.15) is 19.8 Å². The summed E-state index contributed by atoms with van der Waals surface area (Å²) in [6.45, 7) is 2.16. The topological polar surface area (TPSA) is 37.3 Å². The van der Waals surface area contributed by atoms with Crippen molar-refractivity contribution in [1.29, 1.82) is 0 Å². The van der Waals surface area contributed by atoms with Crippen LogP contribution in [0.5, 0.6) is 0 Å². The third-order valence-corrected chi connectivity index (χ3v) is 3.57. The number of hydrogen-bond donors (Lipinski definition) is 1. The third kappa shape index (κ3) is 0.816. The van der Waals surface area contributed by atoms with E-state index in [9.17, 15) is 4.79 Å². The van der Waals surface area contributed by atoms with Gasteiger partial charge in [-0.25, -0.2) is 0 Å². The van der Waals surface area contributed by atoms with Crippen molar-refractivity contribution >= 4 is 5.78 Å². The summed E-state index contributed by atoms with van der Waals surface area (Å²) in [5.41, 5.74) is -0.196. The Balaban J connectivity index is 2.22. The number of fused-ring (bicyclic) bond motifs is 1. The molecule has 3 atom stereocenters. The highest BCUT2D eigenvalue weighted by Crippen LogP contribution is 2.61. The van der Waals surface area contributed by atoms with E-state index in [0.717, 1.165) is 6.42 Å². The number of allylic oxidation sites excluding steroid dienone is 2. The fourth-order valence-corrected chi connectivity index (χ4v) is 2.49. The molecule has 1 saturated carbocycles. The maximum Gasteiger partial charge on any atom is 0.143 e. The molecule has 0 bridgehead atoms. The first-order chi connectivity index (χ1) is 5.71. The van der Waals surface area contributed by atoms with Gasteiger partial charge in [0.25, 0.3) is 0 Å². The molecule has 2 nitrogen and oxygen atoms in total. The average molecular weight is 166 g/mol. The van der Waals surface area contributed by atoms with Crippen molar-refractivity contribution in [3.8, 4) is 0 Å². The predicted octanol–water partition coefficient (Wildman–Crippen LogP) is 1.15. The standard InChI is InChI=1S/C10H14O2/c1-10-7(8(10)6-11)4-2-3-5-9(10)12/h2-3,7-8,11H,4-6H2,1H3. The minimum atomic E-state index is -0.196. The van der Waals surface area contributed by atoms with Crippen LogP contribution in [-0.4, -0.2) is 17.5 Å². The molecular weight excluding hydrogens is 152 g/mol. The molecule has 66 valence electrons. The normalized spacial score (nSPS) is 45.3. The summed E-state index contributed by atoms with van der Waals surface area (Å²) < 4.78 is 0. The fraction of sp³-hybridized carbons (Fsp3) is 0.700. The number of Topliss-reactive ketones (excluding diaryl/α,β-unsaturated/α-hetero) is 1. The van der Waals surface area contributed by atoms with E-state index >= 15 is 0 Å². The smallest absolute Gasteiger partial charge is 0.143 e. The van der Waals surface area contributed by atoms with E-state index in [2.05, 4.69) is 6.08 Å². The molecule has 0 amide bonds. The van der Waals surface area contributed by atoms with Crippen LogP contribution in [0.4, 0.5) is 0 Å². The molecule has 0 heterocycles. The van der Waals surface area contributed by atoms with Crippen LogP contribution in [0.15, 0.2) is 12.2 Å². The Morgan fingerprint density at radius 2 is 2.42 bits per heavy atom. The van der Waals surface area contributed by atoms with E-state index in [1.807, 2.05) is 13.0 Å². The molecule has 1 fully saturated rings. The summed E-state index contributed by atoms with van der Waals surface area (Å²) in [7, 11) is 0. The lowest BCUT2D eigenvalue weighted by atomic mass is 9.97. The van der Waals surface area contributed by atoms with E-state index < -0.39 is 0 Å². The first kappa shape index (κ1) is 7.99. The first-order valence-electron chi connectivity index (χ1n) is 4.50. The van der Waals surface area contributed by atoms with Gasteiger partial charge in [0.05, 0.1) is 0 Å². The van der Waals surface area contributed by atoms with Gasteiger partial charge in [0.1, 0.15) is 5.78 Å². The van der Waals surface area contributed by atoms with Gasteiger partial charge >= 0.3 is 0 Å². The first-order valence-corrected chi connectivity index (χ1v) is 4.50. The summed E-state index contributed by atoms with van der Waals surface area (Å²) in [5, 5.41) is 9.04. The van der Waals surface area contributed by atoms with E-state index in [-0.39, 0.29) is 17.9 Å². The Labute approximate surface area is 72.3 Å². The second kappa shape index (κ2) is 2.43. The molecule has 0 aromatic heterocycles. The monoisotopic (exact) mass is 166 g/mol. The third-order valence-electron chi connectivity index (χ3n) is 3.57. The minimum absolute atomic E-state index is 0.167. The molecule has 0 spiro atoms. The van der Waals surface area contributed by atoms with Gasteiger partial charge in [0.15, 0.2) is 0 Å². The second-order valence-electron chi connectivity index (χ2n) is 4.01. The van der Waals surface area contributed by atoms with Crippen molar-refractivity contribution in [1.82, 2.24) is 0 Å². The summed E-state index contributed by atoms with van der Waals surface area (Å²) in [6.07, 6.45) is 5.55. The zero-order chi connectivity index (χ0) is 8.77. The molecule has 1 N–H and O–H groups in total. The lowest BCUT2D eigenvalue weighted by Gasteiger charge is -2.06. The van der Waals surface area contributed by atoms with Crippen LogP contribution >= 0.6 is 0 Å². The number of hydrogen-bond acceptors (Lipinski definition) is 2. The van der Waals surface area contributed by atoms with Crippen molar-refractivity contribution in [2.24, 2.45) is 17.3 Å². The zero-order valence-corrected chi connectivity index (χ0v) is 7.29. The number of rotatable bonds is 1. The lowest BCUT2D eigenvalue weighted by molar-refractivity contribution is -0.123. The second-order valence-corrected chi connectivity index (χ2v) is 4.01. The molecule has 0 radical (unpaired) electrons. The van der Waals surface area contributed by atoms with Crippen LogP contribution in [0.25, 0.3) is 0 Å². The van der Waals surface area contributed by atoms with Gasteiger partial charge in [-0.3, -0.25) is 4.79 Å². The van der Waals surface area contributed by atoms with Crippen molar-refractivity contribution < 1.29 is 9.90 Å². The van der Waals surface area contributed by atoms with Crippen LogP contribution in [0.2, 0.25) is 0 Å². The molecule has 0 aromatic rings. The number of aliphatic hydroxyl groups excluding tert-OH is 1. The molecule has 2 aliphatic carbocycles. The van der Waals surface area contributed by atoms with Gasteiger partial charge in [-0.05, 0) is 18.3 Å². The highest BCUT2D eigenvalue weighted by atomic mass is 16.3. The molecule has 0 saturated heterocycles. The Morgan fingerprint density at radius 3 is 3.08 bits per heavy atom. The Morgan fingerprint density at radius 1 is 1.67 bits per heavy atom. The van der Waals surface area contributed by atoms with Gasteiger partial charge in [-0.1, -0.05) is 19.1 Å². The SMILES string of the molecule is CC12C(=O)CC=CCC1C2CO. The predicted molar refractivity (Wildman–Crippen MR) is 45.6 cm³/mol. The Kier molecular flexibility index (Phi) is 1.62. The summed E-state index contributed by atoms with van der Waals surface area (Å²) in [6, 6.07) is 0. The zero-order valence-electron chi connectivity index (χ0n) is 7.29. The summed E-state index contributed by atoms with van der Waals surface area (Å²) in [4.78, 5) is 11.6. The Hall–Kier alpha value is -0.630. The summed E-state index contributed by atoms with van der Waals surface area (Å²) in [5.74, 6) is 0.948. The van der Waals surface area contributed by atoms with E-state index in [0.29, 0.717) is 18.1 Å². The Bertz CT molecular complexity index is 244. The average Bonchev–Trinajstić information content (AvgIpc) is 2.67. The van der Waals surface area contributed by atoms with E-state index in [1.165, 1.54) is 0 Å². The molecule has 0 aromatic carbocycles. The van der Waals surface area contributed by atoms with Gasteiger partial charge in [-0.15, -0.1) is 0 Å². The number of ketones is 1. The largest absolute Gasteiger partial charge is 0.396 e. The van der Waals surface area contributed by atoms with E-state index in [4.69, 9.17) is 5.11 Å². The molecule has 2 heteroatoms. The fourth-order valence-electron chi connectivity index (χ4n) is 2.49.